The number of carbonyl (C=O) groups is 1. The van der Waals surface area contributed by atoms with E-state index in [1.54, 1.807) is 6.20 Å². The van der Waals surface area contributed by atoms with Gasteiger partial charge in [0.15, 0.2) is 5.06 Å². The van der Waals surface area contributed by atoms with Crippen molar-refractivity contribution in [2.45, 2.75) is 26.2 Å². The number of thiophene rings is 1. The number of ether oxygens (including phenoxy) is 1. The lowest BCUT2D eigenvalue weighted by Crippen LogP contribution is -2.25. The summed E-state index contributed by atoms with van der Waals surface area (Å²) in [6.45, 7) is 2.41. The van der Waals surface area contributed by atoms with Crippen molar-refractivity contribution >= 4 is 28.8 Å². The summed E-state index contributed by atoms with van der Waals surface area (Å²) in [5.74, 6) is 0.570. The lowest BCUT2D eigenvalue weighted by Gasteiger charge is -2.14. The molecular formula is C19H19N3O3S2. The van der Waals surface area contributed by atoms with E-state index < -0.39 is 0 Å². The summed E-state index contributed by atoms with van der Waals surface area (Å²) in [5.41, 5.74) is 4.01. The Hall–Kier alpha value is -2.29. The molecule has 0 atom stereocenters. The third-order valence-corrected chi connectivity index (χ3v) is 6.45. The number of aliphatic hydroxyl groups excluding tert-OH is 1. The molecule has 8 heteroatoms. The summed E-state index contributed by atoms with van der Waals surface area (Å²) in [4.78, 5) is 18.8. The first-order chi connectivity index (χ1) is 13.2. The molecule has 6 nitrogen and oxygen atoms in total. The zero-order chi connectivity index (χ0) is 18.8. The fourth-order valence-corrected chi connectivity index (χ4v) is 5.17. The molecule has 0 aliphatic heterocycles. The largest absolute Gasteiger partial charge is 0.444 e. The Balaban J connectivity index is 1.75. The molecular weight excluding hydrogens is 382 g/mol. The fraction of sp³-hybridized carbons (Fsp3) is 0.316. The molecule has 2 N–H and O–H groups in total. The monoisotopic (exact) mass is 401 g/mol. The summed E-state index contributed by atoms with van der Waals surface area (Å²) >= 11 is 2.81. The van der Waals surface area contributed by atoms with Crippen molar-refractivity contribution < 1.29 is 14.6 Å². The number of nitrogens with one attached hydrogen (secondary N) is 1. The zero-order valence-corrected chi connectivity index (χ0v) is 16.5. The molecule has 4 rings (SSSR count). The van der Waals surface area contributed by atoms with Crippen molar-refractivity contribution in [3.63, 3.8) is 0 Å². The van der Waals surface area contributed by atoms with E-state index in [0.29, 0.717) is 28.7 Å². The van der Waals surface area contributed by atoms with Crippen LogP contribution in [0, 0.1) is 6.92 Å². The van der Waals surface area contributed by atoms with Crippen LogP contribution in [0.4, 0.5) is 0 Å². The molecule has 0 unspecified atom stereocenters. The lowest BCUT2D eigenvalue weighted by atomic mass is 9.93. The van der Waals surface area contributed by atoms with Crippen LogP contribution in [-0.2, 0) is 12.8 Å². The number of pyridine rings is 1. The van der Waals surface area contributed by atoms with E-state index in [9.17, 15) is 4.79 Å². The van der Waals surface area contributed by atoms with Gasteiger partial charge in [0.1, 0.15) is 5.75 Å². The highest BCUT2D eigenvalue weighted by molar-refractivity contribution is 7.17. The molecule has 0 fully saturated rings. The van der Waals surface area contributed by atoms with Gasteiger partial charge < -0.3 is 15.2 Å². The van der Waals surface area contributed by atoms with E-state index in [2.05, 4.69) is 14.7 Å². The maximum atomic E-state index is 12.7. The molecule has 1 aliphatic rings. The minimum Gasteiger partial charge on any atom is -0.444 e. The second-order valence-corrected chi connectivity index (χ2v) is 8.06. The number of amides is 1. The van der Waals surface area contributed by atoms with Crippen molar-refractivity contribution in [3.8, 4) is 21.3 Å². The molecule has 1 amide bonds. The predicted octanol–water partition coefficient (Wildman–Crippen LogP) is 3.58. The molecule has 3 aromatic heterocycles. The molecule has 0 saturated carbocycles. The summed E-state index contributed by atoms with van der Waals surface area (Å²) < 4.78 is 10.5. The molecule has 3 heterocycles. The molecule has 0 aromatic carbocycles. The number of nitrogens with zero attached hydrogens (tertiary/aromatic N) is 2. The molecule has 1 aliphatic carbocycles. The van der Waals surface area contributed by atoms with Gasteiger partial charge in [-0.2, -0.15) is 0 Å². The number of rotatable bonds is 6. The van der Waals surface area contributed by atoms with Crippen LogP contribution in [0.25, 0.3) is 10.4 Å². The standard InChI is InChI=1S/C19H19N3O3S2/c1-11-14(4-2-7-20-11)25-19-15-13(6-5-12-10-22-27-16(12)15)17(26-19)18(24)21-8-3-9-23/h2,4,7,10,23H,3,5-6,8-9H2,1H3,(H,21,24). The third-order valence-electron chi connectivity index (χ3n) is 4.48. The number of aliphatic hydroxyl groups is 1. The predicted molar refractivity (Wildman–Crippen MR) is 106 cm³/mol. The van der Waals surface area contributed by atoms with Gasteiger partial charge in [-0.3, -0.25) is 9.78 Å². The number of carbonyl (C=O) groups excluding carboxylic acids is 1. The van der Waals surface area contributed by atoms with Crippen LogP contribution in [-0.4, -0.2) is 33.5 Å². The Kier molecular flexibility index (Phi) is 5.20. The smallest absolute Gasteiger partial charge is 0.261 e. The van der Waals surface area contributed by atoms with Gasteiger partial charge in [0, 0.05) is 25.5 Å². The maximum absolute atomic E-state index is 12.7. The van der Waals surface area contributed by atoms with Crippen molar-refractivity contribution in [1.29, 1.82) is 0 Å². The quantitative estimate of drug-likeness (QED) is 0.617. The highest BCUT2D eigenvalue weighted by atomic mass is 32.1. The Morgan fingerprint density at radius 2 is 2.30 bits per heavy atom. The highest BCUT2D eigenvalue weighted by Gasteiger charge is 2.30. The van der Waals surface area contributed by atoms with E-state index >= 15 is 0 Å². The van der Waals surface area contributed by atoms with E-state index in [4.69, 9.17) is 9.84 Å². The van der Waals surface area contributed by atoms with Gasteiger partial charge in [0.05, 0.1) is 21.0 Å². The van der Waals surface area contributed by atoms with Gasteiger partial charge in [-0.1, -0.05) is 11.3 Å². The molecule has 27 heavy (non-hydrogen) atoms. The van der Waals surface area contributed by atoms with Crippen LogP contribution in [0.5, 0.6) is 10.8 Å². The summed E-state index contributed by atoms with van der Waals surface area (Å²) in [5, 5.41) is 12.5. The molecule has 0 bridgehead atoms. The Labute approximate surface area is 165 Å². The van der Waals surface area contributed by atoms with Gasteiger partial charge in [0.25, 0.3) is 5.91 Å². The minimum atomic E-state index is -0.115. The zero-order valence-electron chi connectivity index (χ0n) is 14.8. The second-order valence-electron chi connectivity index (χ2n) is 6.27. The van der Waals surface area contributed by atoms with Gasteiger partial charge >= 0.3 is 0 Å². The number of aryl methyl sites for hydroxylation is 2. The number of hydrogen-bond acceptors (Lipinski definition) is 7. The van der Waals surface area contributed by atoms with Gasteiger partial charge in [-0.15, -0.1) is 0 Å². The first-order valence-corrected chi connectivity index (χ1v) is 10.4. The average molecular weight is 402 g/mol. The van der Waals surface area contributed by atoms with E-state index in [-0.39, 0.29) is 12.5 Å². The van der Waals surface area contributed by atoms with Gasteiger partial charge in [-0.05, 0) is 61.0 Å². The van der Waals surface area contributed by atoms with Crippen LogP contribution in [0.2, 0.25) is 0 Å². The summed E-state index contributed by atoms with van der Waals surface area (Å²) in [6, 6.07) is 3.72. The van der Waals surface area contributed by atoms with Crippen LogP contribution in [0.3, 0.4) is 0 Å². The van der Waals surface area contributed by atoms with Gasteiger partial charge in [0.2, 0.25) is 0 Å². The normalized spacial score (nSPS) is 12.4. The minimum absolute atomic E-state index is 0.0572. The number of aromatic nitrogens is 2. The molecule has 3 aromatic rings. The van der Waals surface area contributed by atoms with Crippen molar-refractivity contribution in [2.24, 2.45) is 0 Å². The van der Waals surface area contributed by atoms with Crippen LogP contribution >= 0.6 is 22.9 Å². The third kappa shape index (κ3) is 3.47. The Morgan fingerprint density at radius 3 is 3.11 bits per heavy atom. The highest BCUT2D eigenvalue weighted by Crippen LogP contribution is 2.50. The Morgan fingerprint density at radius 1 is 1.41 bits per heavy atom. The van der Waals surface area contributed by atoms with E-state index in [0.717, 1.165) is 34.5 Å². The number of hydrogen-bond donors (Lipinski definition) is 2. The number of fused-ring (bicyclic) bond motifs is 3. The van der Waals surface area contributed by atoms with E-state index in [1.165, 1.54) is 28.4 Å². The van der Waals surface area contributed by atoms with Crippen molar-refractivity contribution in [2.75, 3.05) is 13.2 Å². The van der Waals surface area contributed by atoms with Crippen molar-refractivity contribution in [3.05, 3.63) is 46.2 Å². The molecule has 0 spiro atoms. The van der Waals surface area contributed by atoms with Gasteiger partial charge in [-0.25, -0.2) is 4.37 Å². The van der Waals surface area contributed by atoms with Crippen LogP contribution < -0.4 is 10.1 Å². The first-order valence-electron chi connectivity index (χ1n) is 8.77. The topological polar surface area (TPSA) is 84.3 Å². The molecule has 0 saturated heterocycles. The summed E-state index contributed by atoms with van der Waals surface area (Å²) in [7, 11) is 0. The SMILES string of the molecule is Cc1ncccc1Oc1sc(C(=O)NCCCO)c2c1-c1sncc1CC2. The fourth-order valence-electron chi connectivity index (χ4n) is 3.11. The molecule has 0 radical (unpaired) electrons. The van der Waals surface area contributed by atoms with Crippen molar-refractivity contribution in [1.82, 2.24) is 14.7 Å². The first kappa shape index (κ1) is 18.1. The Bertz CT molecular complexity index is 980. The van der Waals surface area contributed by atoms with Crippen LogP contribution in [0.15, 0.2) is 24.5 Å². The lowest BCUT2D eigenvalue weighted by molar-refractivity contribution is 0.0954. The average Bonchev–Trinajstić information content (AvgIpc) is 3.28. The second kappa shape index (κ2) is 7.75. The van der Waals surface area contributed by atoms with Crippen LogP contribution in [0.1, 0.15) is 32.9 Å². The molecule has 140 valence electrons. The van der Waals surface area contributed by atoms with E-state index in [1.807, 2.05) is 25.3 Å². The maximum Gasteiger partial charge on any atom is 0.261 e. The summed E-state index contributed by atoms with van der Waals surface area (Å²) in [6.07, 6.45) is 5.83.